The zero-order valence-electron chi connectivity index (χ0n) is 17.2. The molecule has 2 heterocycles. The van der Waals surface area contributed by atoms with Gasteiger partial charge < -0.3 is 10.7 Å². The van der Waals surface area contributed by atoms with Crippen molar-refractivity contribution in [3.8, 4) is 11.4 Å². The number of halogens is 1. The number of anilines is 1. The van der Waals surface area contributed by atoms with Crippen LogP contribution in [0, 0.1) is 6.92 Å². The molecule has 0 spiro atoms. The third-order valence-electron chi connectivity index (χ3n) is 5.28. The predicted octanol–water partition coefficient (Wildman–Crippen LogP) is 5.30. The zero-order valence-corrected chi connectivity index (χ0v) is 18.8. The van der Waals surface area contributed by atoms with Crippen molar-refractivity contribution in [2.45, 2.75) is 23.4 Å². The van der Waals surface area contributed by atoms with E-state index in [0.717, 1.165) is 16.7 Å². The summed E-state index contributed by atoms with van der Waals surface area (Å²) in [6, 6.07) is 24.9. The fraction of sp³-hybridized carbons (Fsp3) is 0.125. The Kier molecular flexibility index (Phi) is 5.59. The van der Waals surface area contributed by atoms with Gasteiger partial charge in [0.1, 0.15) is 5.25 Å². The lowest BCUT2D eigenvalue weighted by atomic mass is 10.0. The van der Waals surface area contributed by atoms with E-state index in [0.29, 0.717) is 21.7 Å². The maximum absolute atomic E-state index is 13.3. The van der Waals surface area contributed by atoms with Gasteiger partial charge in [0.05, 0.1) is 6.04 Å². The monoisotopic (exact) mass is 461 g/mol. The number of aromatic nitrogens is 3. The molecule has 6 nitrogen and oxygen atoms in total. The molecule has 0 saturated carbocycles. The number of nitrogens with one attached hydrogen (secondary N) is 2. The van der Waals surface area contributed by atoms with Crippen LogP contribution in [0.3, 0.4) is 0 Å². The van der Waals surface area contributed by atoms with Gasteiger partial charge >= 0.3 is 0 Å². The molecular formula is C24H20ClN5OS. The van der Waals surface area contributed by atoms with Crippen molar-refractivity contribution < 1.29 is 4.79 Å². The molecular weight excluding hydrogens is 442 g/mol. The highest BCUT2D eigenvalue weighted by molar-refractivity contribution is 8.00. The molecule has 1 aliphatic rings. The minimum atomic E-state index is -0.450. The summed E-state index contributed by atoms with van der Waals surface area (Å²) >= 11 is 7.38. The lowest BCUT2D eigenvalue weighted by Crippen LogP contribution is -2.41. The SMILES string of the molecule is Cc1ccc(C2Nn3c(nnc3-c3ccccc3)SC2C(=O)Nc2ccc(Cl)cc2)cc1. The Bertz CT molecular complexity index is 1240. The number of amides is 1. The third-order valence-corrected chi connectivity index (χ3v) is 6.74. The number of thioether (sulfide) groups is 1. The van der Waals surface area contributed by atoms with Crippen LogP contribution < -0.4 is 10.7 Å². The van der Waals surface area contributed by atoms with Crippen LogP contribution in [0.5, 0.6) is 0 Å². The van der Waals surface area contributed by atoms with Gasteiger partial charge in [-0.3, -0.25) is 4.79 Å². The van der Waals surface area contributed by atoms with Crippen molar-refractivity contribution in [1.82, 2.24) is 14.9 Å². The van der Waals surface area contributed by atoms with Gasteiger partial charge in [-0.05, 0) is 36.8 Å². The number of benzene rings is 3. The summed E-state index contributed by atoms with van der Waals surface area (Å²) in [5, 5.41) is 12.5. The predicted molar refractivity (Wildman–Crippen MR) is 128 cm³/mol. The van der Waals surface area contributed by atoms with Crippen molar-refractivity contribution in [1.29, 1.82) is 0 Å². The van der Waals surface area contributed by atoms with Crippen LogP contribution in [0.15, 0.2) is 84.0 Å². The molecule has 4 aromatic rings. The molecule has 2 N–H and O–H groups in total. The molecule has 0 bridgehead atoms. The second-order valence-electron chi connectivity index (χ2n) is 7.56. The standard InChI is InChI=1S/C24H20ClN5OS/c1-15-7-9-16(10-8-15)20-21(23(31)26-19-13-11-18(25)12-14-19)32-24-28-27-22(30(24)29-20)17-5-3-2-4-6-17/h2-14,20-21,29H,1H3,(H,26,31). The molecule has 8 heteroatoms. The first-order chi connectivity index (χ1) is 15.6. The maximum atomic E-state index is 13.3. The van der Waals surface area contributed by atoms with Gasteiger partial charge in [0.15, 0.2) is 5.82 Å². The number of carbonyl (C=O) groups is 1. The fourth-order valence-corrected chi connectivity index (χ4v) is 4.81. The van der Waals surface area contributed by atoms with Gasteiger partial charge in [-0.25, -0.2) is 4.68 Å². The highest BCUT2D eigenvalue weighted by Gasteiger charge is 2.38. The summed E-state index contributed by atoms with van der Waals surface area (Å²) < 4.78 is 1.87. The summed E-state index contributed by atoms with van der Waals surface area (Å²) in [4.78, 5) is 13.3. The average molecular weight is 462 g/mol. The van der Waals surface area contributed by atoms with Crippen LogP contribution in [0.2, 0.25) is 5.02 Å². The Hall–Kier alpha value is -3.29. The summed E-state index contributed by atoms with van der Waals surface area (Å²) in [7, 11) is 0. The van der Waals surface area contributed by atoms with E-state index < -0.39 is 5.25 Å². The van der Waals surface area contributed by atoms with Crippen molar-refractivity contribution in [3.05, 3.63) is 95.0 Å². The Labute approximate surface area is 195 Å². The van der Waals surface area contributed by atoms with Gasteiger partial charge in [-0.2, -0.15) is 0 Å². The number of hydrogen-bond acceptors (Lipinski definition) is 5. The molecule has 0 aliphatic carbocycles. The minimum absolute atomic E-state index is 0.120. The van der Waals surface area contributed by atoms with Gasteiger partial charge in [0, 0.05) is 16.3 Å². The second kappa shape index (κ2) is 8.68. The van der Waals surface area contributed by atoms with Crippen LogP contribution >= 0.6 is 23.4 Å². The molecule has 0 fully saturated rings. The molecule has 2 atom stereocenters. The number of nitrogens with zero attached hydrogens (tertiary/aromatic N) is 3. The van der Waals surface area contributed by atoms with E-state index in [-0.39, 0.29) is 11.9 Å². The van der Waals surface area contributed by atoms with E-state index in [1.807, 2.05) is 54.1 Å². The third kappa shape index (κ3) is 4.09. The van der Waals surface area contributed by atoms with Crippen molar-refractivity contribution in [2.75, 3.05) is 10.7 Å². The quantitative estimate of drug-likeness (QED) is 0.431. The lowest BCUT2D eigenvalue weighted by Gasteiger charge is -2.33. The van der Waals surface area contributed by atoms with E-state index in [1.54, 1.807) is 24.3 Å². The zero-order chi connectivity index (χ0) is 22.1. The molecule has 1 amide bonds. The smallest absolute Gasteiger partial charge is 0.240 e. The first-order valence-corrected chi connectivity index (χ1v) is 11.4. The van der Waals surface area contributed by atoms with Gasteiger partial charge in [0.2, 0.25) is 11.1 Å². The summed E-state index contributed by atoms with van der Waals surface area (Å²) in [5.74, 6) is 0.590. The highest BCUT2D eigenvalue weighted by atomic mass is 35.5. The molecule has 0 saturated heterocycles. The summed E-state index contributed by atoms with van der Waals surface area (Å²) in [5.41, 5.74) is 7.31. The maximum Gasteiger partial charge on any atom is 0.240 e. The topological polar surface area (TPSA) is 71.8 Å². The number of hydrogen-bond donors (Lipinski definition) is 2. The number of rotatable bonds is 4. The van der Waals surface area contributed by atoms with E-state index in [2.05, 4.69) is 33.1 Å². The van der Waals surface area contributed by atoms with E-state index in [4.69, 9.17) is 11.6 Å². The van der Waals surface area contributed by atoms with Crippen LogP contribution in [-0.4, -0.2) is 26.0 Å². The Balaban J connectivity index is 1.50. The highest BCUT2D eigenvalue weighted by Crippen LogP contribution is 2.39. The largest absolute Gasteiger partial charge is 0.325 e. The average Bonchev–Trinajstić information content (AvgIpc) is 3.24. The van der Waals surface area contributed by atoms with E-state index >= 15 is 0 Å². The molecule has 1 aliphatic heterocycles. The number of carbonyl (C=O) groups excluding carboxylic acids is 1. The molecule has 2 unspecified atom stereocenters. The molecule has 3 aromatic carbocycles. The Morgan fingerprint density at radius 1 is 1.00 bits per heavy atom. The summed E-state index contributed by atoms with van der Waals surface area (Å²) in [6.45, 7) is 2.04. The van der Waals surface area contributed by atoms with Gasteiger partial charge in [0.25, 0.3) is 0 Å². The van der Waals surface area contributed by atoms with E-state index in [9.17, 15) is 4.79 Å². The van der Waals surface area contributed by atoms with E-state index in [1.165, 1.54) is 11.8 Å². The molecule has 32 heavy (non-hydrogen) atoms. The molecule has 0 radical (unpaired) electrons. The Morgan fingerprint density at radius 3 is 2.44 bits per heavy atom. The lowest BCUT2D eigenvalue weighted by molar-refractivity contribution is -0.116. The van der Waals surface area contributed by atoms with Crippen LogP contribution in [-0.2, 0) is 4.79 Å². The first-order valence-electron chi connectivity index (χ1n) is 10.2. The van der Waals surface area contributed by atoms with Crippen molar-refractivity contribution >= 4 is 35.0 Å². The minimum Gasteiger partial charge on any atom is -0.325 e. The fourth-order valence-electron chi connectivity index (χ4n) is 3.60. The van der Waals surface area contributed by atoms with Gasteiger partial charge in [-0.15, -0.1) is 10.2 Å². The van der Waals surface area contributed by atoms with Crippen LogP contribution in [0.4, 0.5) is 5.69 Å². The molecule has 1 aromatic heterocycles. The van der Waals surface area contributed by atoms with Crippen molar-refractivity contribution in [2.24, 2.45) is 0 Å². The number of aryl methyl sites for hydroxylation is 1. The normalized spacial score (nSPS) is 17.3. The van der Waals surface area contributed by atoms with Crippen LogP contribution in [0.25, 0.3) is 11.4 Å². The molecule has 5 rings (SSSR count). The summed E-state index contributed by atoms with van der Waals surface area (Å²) in [6.07, 6.45) is 0. The van der Waals surface area contributed by atoms with Gasteiger partial charge in [-0.1, -0.05) is 83.5 Å². The second-order valence-corrected chi connectivity index (χ2v) is 9.10. The van der Waals surface area contributed by atoms with Crippen molar-refractivity contribution in [3.63, 3.8) is 0 Å². The van der Waals surface area contributed by atoms with Crippen LogP contribution in [0.1, 0.15) is 17.2 Å². The first kappa shape index (κ1) is 20.6. The number of fused-ring (bicyclic) bond motifs is 1. The molecule has 160 valence electrons. The Morgan fingerprint density at radius 2 is 1.72 bits per heavy atom.